The van der Waals surface area contributed by atoms with Crippen LogP contribution in [0.5, 0.6) is 6.01 Å². The van der Waals surface area contributed by atoms with E-state index in [1.807, 2.05) is 6.92 Å². The third-order valence-corrected chi connectivity index (χ3v) is 5.03. The number of halogens is 2. The van der Waals surface area contributed by atoms with E-state index in [1.54, 1.807) is 65.3 Å². The highest BCUT2D eigenvalue weighted by atomic mass is 35.5. The largest absolute Gasteiger partial charge is 0.460 e. The minimum atomic E-state index is -0.384. The van der Waals surface area contributed by atoms with E-state index in [1.165, 1.54) is 12.1 Å². The molecule has 7 nitrogen and oxygen atoms in total. The van der Waals surface area contributed by atoms with Crippen LogP contribution in [0.2, 0.25) is 5.02 Å². The number of aromatic nitrogens is 3. The molecule has 174 valence electrons. The average molecular weight is 481 g/mol. The number of nitrogens with zero attached hydrogens (tertiary/aromatic N) is 3. The molecule has 0 fully saturated rings. The molecule has 0 atom stereocenters. The van der Waals surface area contributed by atoms with Crippen LogP contribution in [0.3, 0.4) is 0 Å². The van der Waals surface area contributed by atoms with Crippen molar-refractivity contribution < 1.29 is 18.7 Å². The zero-order chi connectivity index (χ0) is 23.9. The molecular weight excluding hydrogens is 459 g/mol. The standard InChI is InChI=1S/C25H22ClFN4O3/c1-2-33-13-14-34-25-29-23(17-5-4-8-20(27)16-17)31(30-25)22-11-9-21(10-12-22)28-24(32)18-6-3-7-19(26)15-18/h3-12,15-16H,2,13-14H2,1H3,(H,28,32). The quantitative estimate of drug-likeness (QED) is 0.325. The molecule has 0 saturated carbocycles. The molecule has 4 rings (SSSR count). The van der Waals surface area contributed by atoms with Gasteiger partial charge < -0.3 is 14.8 Å². The molecule has 34 heavy (non-hydrogen) atoms. The zero-order valence-corrected chi connectivity index (χ0v) is 19.1. The summed E-state index contributed by atoms with van der Waals surface area (Å²) in [6.07, 6.45) is 0. The minimum absolute atomic E-state index is 0.150. The van der Waals surface area contributed by atoms with Crippen LogP contribution in [0.15, 0.2) is 72.8 Å². The third kappa shape index (κ3) is 5.78. The van der Waals surface area contributed by atoms with Crippen LogP contribution in [-0.2, 0) is 4.74 Å². The summed E-state index contributed by atoms with van der Waals surface area (Å²) < 4.78 is 26.3. The fraction of sp³-hybridized carbons (Fsp3) is 0.160. The number of amides is 1. The van der Waals surface area contributed by atoms with E-state index >= 15 is 0 Å². The number of carbonyl (C=O) groups is 1. The lowest BCUT2D eigenvalue weighted by atomic mass is 10.2. The van der Waals surface area contributed by atoms with E-state index < -0.39 is 0 Å². The Hall–Kier alpha value is -3.75. The van der Waals surface area contributed by atoms with Crippen LogP contribution >= 0.6 is 11.6 Å². The summed E-state index contributed by atoms with van der Waals surface area (Å²) >= 11 is 5.97. The topological polar surface area (TPSA) is 78.3 Å². The molecule has 1 aromatic heterocycles. The Bertz CT molecular complexity index is 1280. The van der Waals surface area contributed by atoms with Crippen molar-refractivity contribution in [1.29, 1.82) is 0 Å². The lowest BCUT2D eigenvalue weighted by Crippen LogP contribution is -2.11. The van der Waals surface area contributed by atoms with Crippen molar-refractivity contribution in [2.45, 2.75) is 6.92 Å². The SMILES string of the molecule is CCOCCOc1nc(-c2cccc(F)c2)n(-c2ccc(NC(=O)c3cccc(Cl)c3)cc2)n1. The fourth-order valence-corrected chi connectivity index (χ4v) is 3.39. The molecule has 0 radical (unpaired) electrons. The summed E-state index contributed by atoms with van der Waals surface area (Å²) in [4.78, 5) is 16.9. The van der Waals surface area contributed by atoms with Gasteiger partial charge in [0.1, 0.15) is 12.4 Å². The second-order valence-corrected chi connectivity index (χ2v) is 7.63. The Morgan fingerprint density at radius 3 is 2.59 bits per heavy atom. The molecular formula is C25H22ClFN4O3. The second kappa shape index (κ2) is 10.9. The molecule has 3 aromatic carbocycles. The van der Waals surface area contributed by atoms with Gasteiger partial charge in [-0.25, -0.2) is 9.07 Å². The van der Waals surface area contributed by atoms with Crippen molar-refractivity contribution in [3.8, 4) is 23.1 Å². The maximum atomic E-state index is 13.9. The van der Waals surface area contributed by atoms with E-state index in [-0.39, 0.29) is 24.3 Å². The summed E-state index contributed by atoms with van der Waals surface area (Å²) in [5, 5.41) is 7.75. The van der Waals surface area contributed by atoms with Gasteiger partial charge in [0.15, 0.2) is 5.82 Å². The molecule has 4 aromatic rings. The number of nitrogens with one attached hydrogen (secondary N) is 1. The Balaban J connectivity index is 1.58. The van der Waals surface area contributed by atoms with Crippen LogP contribution in [-0.4, -0.2) is 40.5 Å². The highest BCUT2D eigenvalue weighted by molar-refractivity contribution is 6.31. The van der Waals surface area contributed by atoms with Crippen LogP contribution in [0.4, 0.5) is 10.1 Å². The van der Waals surface area contributed by atoms with Crippen molar-refractivity contribution in [1.82, 2.24) is 14.8 Å². The van der Waals surface area contributed by atoms with Gasteiger partial charge in [-0.1, -0.05) is 29.8 Å². The summed E-state index contributed by atoms with van der Waals surface area (Å²) in [5.41, 5.74) is 2.25. The molecule has 1 N–H and O–H groups in total. The van der Waals surface area contributed by atoms with Gasteiger partial charge in [0.25, 0.3) is 5.91 Å². The minimum Gasteiger partial charge on any atom is -0.460 e. The van der Waals surface area contributed by atoms with Crippen molar-refractivity contribution in [2.24, 2.45) is 0 Å². The lowest BCUT2D eigenvalue weighted by molar-refractivity contribution is 0.102. The van der Waals surface area contributed by atoms with Crippen LogP contribution in [0.25, 0.3) is 17.1 Å². The molecule has 0 aliphatic carbocycles. The first kappa shape index (κ1) is 23.4. The number of hydrogen-bond acceptors (Lipinski definition) is 5. The van der Waals surface area contributed by atoms with Gasteiger partial charge in [0.2, 0.25) is 0 Å². The van der Waals surface area contributed by atoms with Gasteiger partial charge in [0, 0.05) is 28.4 Å². The van der Waals surface area contributed by atoms with Crippen molar-refractivity contribution >= 4 is 23.2 Å². The Morgan fingerprint density at radius 1 is 1.06 bits per heavy atom. The summed E-state index contributed by atoms with van der Waals surface area (Å²) in [6.45, 7) is 3.17. The number of benzene rings is 3. The predicted octanol–water partition coefficient (Wildman–Crippen LogP) is 5.39. The molecule has 1 amide bonds. The van der Waals surface area contributed by atoms with E-state index in [0.717, 1.165) is 0 Å². The Morgan fingerprint density at radius 2 is 1.85 bits per heavy atom. The zero-order valence-electron chi connectivity index (χ0n) is 18.4. The fourth-order valence-electron chi connectivity index (χ4n) is 3.20. The van der Waals surface area contributed by atoms with Gasteiger partial charge >= 0.3 is 6.01 Å². The van der Waals surface area contributed by atoms with E-state index in [0.29, 0.717) is 46.6 Å². The number of rotatable bonds is 9. The number of carbonyl (C=O) groups excluding carboxylic acids is 1. The van der Waals surface area contributed by atoms with Crippen molar-refractivity contribution in [2.75, 3.05) is 25.1 Å². The van der Waals surface area contributed by atoms with Gasteiger partial charge in [-0.2, -0.15) is 4.98 Å². The first-order valence-electron chi connectivity index (χ1n) is 10.6. The normalized spacial score (nSPS) is 10.8. The van der Waals surface area contributed by atoms with Crippen LogP contribution in [0, 0.1) is 5.82 Å². The highest BCUT2D eigenvalue weighted by Gasteiger charge is 2.16. The molecule has 0 saturated heterocycles. The highest BCUT2D eigenvalue weighted by Crippen LogP contribution is 2.25. The molecule has 0 aliphatic rings. The lowest BCUT2D eigenvalue weighted by Gasteiger charge is -2.09. The van der Waals surface area contributed by atoms with Crippen LogP contribution < -0.4 is 10.1 Å². The summed E-state index contributed by atoms with van der Waals surface area (Å²) in [5.74, 6) is -0.243. The predicted molar refractivity (Wildman–Crippen MR) is 128 cm³/mol. The Kier molecular flexibility index (Phi) is 7.51. The van der Waals surface area contributed by atoms with Crippen molar-refractivity contribution in [3.05, 3.63) is 89.2 Å². The van der Waals surface area contributed by atoms with Gasteiger partial charge in [-0.05, 0) is 61.5 Å². The van der Waals surface area contributed by atoms with Gasteiger partial charge in [0.05, 0.1) is 12.3 Å². The first-order chi connectivity index (χ1) is 16.5. The smallest absolute Gasteiger partial charge is 0.336 e. The Labute approximate surface area is 201 Å². The van der Waals surface area contributed by atoms with E-state index in [9.17, 15) is 9.18 Å². The number of ether oxygens (including phenoxy) is 2. The maximum absolute atomic E-state index is 13.9. The van der Waals surface area contributed by atoms with E-state index in [4.69, 9.17) is 21.1 Å². The molecule has 0 unspecified atom stereocenters. The molecule has 0 bridgehead atoms. The molecule has 0 aliphatic heterocycles. The van der Waals surface area contributed by atoms with Gasteiger partial charge in [-0.3, -0.25) is 4.79 Å². The molecule has 1 heterocycles. The third-order valence-electron chi connectivity index (χ3n) is 4.79. The van der Waals surface area contributed by atoms with E-state index in [2.05, 4.69) is 15.4 Å². The molecule has 0 spiro atoms. The number of anilines is 1. The van der Waals surface area contributed by atoms with Gasteiger partial charge in [-0.15, -0.1) is 5.10 Å². The monoisotopic (exact) mass is 480 g/mol. The first-order valence-corrected chi connectivity index (χ1v) is 11.0. The average Bonchev–Trinajstić information content (AvgIpc) is 3.26. The summed E-state index contributed by atoms with van der Waals surface area (Å²) in [6, 6.07) is 20.0. The maximum Gasteiger partial charge on any atom is 0.336 e. The van der Waals surface area contributed by atoms with Crippen LogP contribution in [0.1, 0.15) is 17.3 Å². The van der Waals surface area contributed by atoms with Crippen molar-refractivity contribution in [3.63, 3.8) is 0 Å². The summed E-state index contributed by atoms with van der Waals surface area (Å²) in [7, 11) is 0. The number of hydrogen-bond donors (Lipinski definition) is 1. The molecule has 9 heteroatoms. The second-order valence-electron chi connectivity index (χ2n) is 7.20.